The van der Waals surface area contributed by atoms with E-state index in [0.717, 1.165) is 12.1 Å². The highest BCUT2D eigenvalue weighted by atomic mass is 32.5. The lowest BCUT2D eigenvalue weighted by Gasteiger charge is -2.40. The van der Waals surface area contributed by atoms with E-state index in [-0.39, 0.29) is 11.4 Å². The Bertz CT molecular complexity index is 941. The summed E-state index contributed by atoms with van der Waals surface area (Å²) >= 11 is 0. The van der Waals surface area contributed by atoms with Crippen LogP contribution < -0.4 is 15.8 Å². The summed E-state index contributed by atoms with van der Waals surface area (Å²) in [5.74, 6) is 0.299. The highest BCUT2D eigenvalue weighted by Crippen LogP contribution is 3.02. The first-order valence-electron chi connectivity index (χ1n) is 9.07. The summed E-state index contributed by atoms with van der Waals surface area (Å²) in [6.45, 7) is 9.63. The lowest BCUT2D eigenvalue weighted by atomic mass is 10.1. The summed E-state index contributed by atoms with van der Waals surface area (Å²) in [4.78, 5) is 18.1. The van der Waals surface area contributed by atoms with Crippen molar-refractivity contribution >= 4 is 21.9 Å². The highest BCUT2D eigenvalue weighted by molar-refractivity contribution is 8.45. The molecule has 0 aliphatic rings. The van der Waals surface area contributed by atoms with Crippen molar-refractivity contribution in [2.45, 2.75) is 38.1 Å². The molecule has 170 valence electrons. The molecular weight excluding hydrogens is 427 g/mol. The predicted octanol–water partition coefficient (Wildman–Crippen LogP) is 6.23. The molecule has 0 saturated heterocycles. The van der Waals surface area contributed by atoms with Crippen LogP contribution in [0.25, 0.3) is 5.70 Å². The first kappa shape index (κ1) is 25.5. The van der Waals surface area contributed by atoms with Crippen LogP contribution in [-0.4, -0.2) is 24.1 Å². The second kappa shape index (κ2) is 8.29. The molecule has 5 nitrogen and oxygen atoms in total. The van der Waals surface area contributed by atoms with Gasteiger partial charge in [0.2, 0.25) is 5.95 Å². The minimum absolute atomic E-state index is 0.248. The molecule has 0 spiro atoms. The van der Waals surface area contributed by atoms with Gasteiger partial charge < -0.3 is 10.2 Å². The fourth-order valence-corrected chi connectivity index (χ4v) is 2.89. The summed E-state index contributed by atoms with van der Waals surface area (Å²) in [5, 5.41) is 2.90. The Kier molecular flexibility index (Phi) is 7.04. The van der Waals surface area contributed by atoms with Crippen LogP contribution in [-0.2, 0) is 0 Å². The fraction of sp³-hybridized carbons (Fsp3) is 0.368. The Morgan fingerprint density at radius 3 is 2.10 bits per heavy atom. The Balaban J connectivity index is 0.00000141. The maximum absolute atomic E-state index is 12.8. The molecule has 0 fully saturated rings. The Morgan fingerprint density at radius 2 is 1.67 bits per heavy atom. The summed E-state index contributed by atoms with van der Waals surface area (Å²) in [7, 11) is -6.33. The second-order valence-electron chi connectivity index (χ2n) is 6.94. The van der Waals surface area contributed by atoms with Gasteiger partial charge in [-0.05, 0) is 24.6 Å². The monoisotopic (exact) mass is 454 g/mol. The first-order chi connectivity index (χ1) is 13.5. The standard InChI is InChI=1S/C16H19F5N4OS.C3H8/c1-10(12-5-7-13(8-6-12)27(17,18,19,20)21)22-11(2)14-9-15(26)24-16(23-14)25(3)4;1-3-2/h5-10,22H,2H2,1,3-4H3,(H,23,24,26);3H2,1-2H3/t10-;/m1./s1. The van der Waals surface area contributed by atoms with Crippen molar-refractivity contribution in [2.75, 3.05) is 19.0 Å². The fourth-order valence-electron chi connectivity index (χ4n) is 2.24. The predicted molar refractivity (Wildman–Crippen MR) is 114 cm³/mol. The summed E-state index contributed by atoms with van der Waals surface area (Å²) < 4.78 is 63.9. The summed E-state index contributed by atoms with van der Waals surface area (Å²) in [5.41, 5.74) is 0.436. The van der Waals surface area contributed by atoms with Crippen LogP contribution in [0, 0.1) is 0 Å². The molecule has 0 amide bonds. The van der Waals surface area contributed by atoms with Crippen LogP contribution in [0.4, 0.5) is 25.4 Å². The maximum atomic E-state index is 12.8. The summed E-state index contributed by atoms with van der Waals surface area (Å²) in [6.07, 6.45) is 1.25. The lowest BCUT2D eigenvalue weighted by molar-refractivity contribution is 0.364. The number of nitrogens with zero attached hydrogens (tertiary/aromatic N) is 2. The molecule has 30 heavy (non-hydrogen) atoms. The number of aromatic nitrogens is 2. The Morgan fingerprint density at radius 1 is 1.17 bits per heavy atom. The third-order valence-electron chi connectivity index (χ3n) is 3.68. The van der Waals surface area contributed by atoms with E-state index in [1.165, 1.54) is 12.5 Å². The van der Waals surface area contributed by atoms with Gasteiger partial charge in [0.05, 0.1) is 11.4 Å². The molecule has 2 rings (SSSR count). The van der Waals surface area contributed by atoms with E-state index in [9.17, 15) is 24.2 Å². The minimum atomic E-state index is -9.70. The third kappa shape index (κ3) is 7.36. The number of aromatic amines is 1. The normalized spacial score (nSPS) is 14.5. The average Bonchev–Trinajstić information content (AvgIpc) is 2.60. The number of hydrogen-bond acceptors (Lipinski definition) is 4. The van der Waals surface area contributed by atoms with Crippen molar-refractivity contribution in [1.29, 1.82) is 0 Å². The molecule has 1 aromatic carbocycles. The average molecular weight is 455 g/mol. The van der Waals surface area contributed by atoms with Gasteiger partial charge in [0.1, 0.15) is 4.90 Å². The topological polar surface area (TPSA) is 61.0 Å². The third-order valence-corrected chi connectivity index (χ3v) is 4.84. The molecule has 2 N–H and O–H groups in total. The SMILES string of the molecule is C=C(N[C@H](C)c1ccc(S(F)(F)(F)(F)F)cc1)c1cc(=O)[nH]c(N(C)C)n1.CCC. The van der Waals surface area contributed by atoms with Gasteiger partial charge in [-0.25, -0.2) is 4.98 Å². The molecule has 0 aliphatic heterocycles. The number of benzene rings is 1. The zero-order valence-electron chi connectivity index (χ0n) is 17.5. The molecule has 11 heteroatoms. The van der Waals surface area contributed by atoms with Crippen LogP contribution in [0.5, 0.6) is 0 Å². The first-order valence-corrected chi connectivity index (χ1v) is 11.0. The van der Waals surface area contributed by atoms with Gasteiger partial charge in [0.25, 0.3) is 5.56 Å². The van der Waals surface area contributed by atoms with Crippen LogP contribution >= 0.6 is 10.2 Å². The van der Waals surface area contributed by atoms with E-state index < -0.39 is 26.7 Å². The van der Waals surface area contributed by atoms with Crippen molar-refractivity contribution in [2.24, 2.45) is 0 Å². The maximum Gasteiger partial charge on any atom is 0.310 e. The number of nitrogens with one attached hydrogen (secondary N) is 2. The molecule has 0 saturated carbocycles. The number of rotatable bonds is 6. The number of halogens is 5. The second-order valence-corrected chi connectivity index (χ2v) is 9.35. The molecule has 1 heterocycles. The van der Waals surface area contributed by atoms with Gasteiger partial charge in [-0.1, -0.05) is 58.4 Å². The molecule has 1 atom stereocenters. The van der Waals surface area contributed by atoms with Crippen molar-refractivity contribution in [1.82, 2.24) is 15.3 Å². The molecule has 0 bridgehead atoms. The smallest absolute Gasteiger partial charge is 0.310 e. The van der Waals surface area contributed by atoms with Crippen molar-refractivity contribution in [3.8, 4) is 0 Å². The number of anilines is 1. The van der Waals surface area contributed by atoms with Gasteiger partial charge in [-0.2, -0.15) is 0 Å². The molecule has 0 radical (unpaired) electrons. The lowest BCUT2D eigenvalue weighted by Crippen LogP contribution is -2.22. The Labute approximate surface area is 172 Å². The van der Waals surface area contributed by atoms with E-state index in [1.54, 1.807) is 25.9 Å². The summed E-state index contributed by atoms with van der Waals surface area (Å²) in [6, 6.07) is 3.30. The van der Waals surface area contributed by atoms with E-state index in [1.807, 2.05) is 0 Å². The van der Waals surface area contributed by atoms with Crippen LogP contribution in [0.1, 0.15) is 44.5 Å². The molecule has 0 unspecified atom stereocenters. The van der Waals surface area contributed by atoms with E-state index in [2.05, 4.69) is 35.7 Å². The highest BCUT2D eigenvalue weighted by Gasteiger charge is 2.65. The zero-order chi connectivity index (χ0) is 23.4. The minimum Gasteiger partial charge on any atom is -0.377 e. The number of hydrogen-bond donors (Lipinski definition) is 2. The quantitative estimate of drug-likeness (QED) is 0.508. The van der Waals surface area contributed by atoms with Gasteiger partial charge in [0, 0.05) is 26.2 Å². The van der Waals surface area contributed by atoms with E-state index in [4.69, 9.17) is 0 Å². The van der Waals surface area contributed by atoms with Crippen molar-refractivity contribution < 1.29 is 19.4 Å². The van der Waals surface area contributed by atoms with E-state index in [0.29, 0.717) is 23.6 Å². The van der Waals surface area contributed by atoms with Crippen molar-refractivity contribution in [3.05, 3.63) is 58.5 Å². The molecule has 0 aliphatic carbocycles. The Hall–Kier alpha value is -2.56. The largest absolute Gasteiger partial charge is 0.377 e. The van der Waals surface area contributed by atoms with Crippen LogP contribution in [0.15, 0.2) is 46.6 Å². The van der Waals surface area contributed by atoms with Crippen LogP contribution in [0.2, 0.25) is 0 Å². The van der Waals surface area contributed by atoms with Gasteiger partial charge in [-0.15, -0.1) is 0 Å². The van der Waals surface area contributed by atoms with Gasteiger partial charge in [-0.3, -0.25) is 9.78 Å². The molecule has 2 aromatic rings. The van der Waals surface area contributed by atoms with Gasteiger partial charge in [0.15, 0.2) is 0 Å². The molecule has 1 aromatic heterocycles. The van der Waals surface area contributed by atoms with Crippen LogP contribution in [0.3, 0.4) is 0 Å². The zero-order valence-corrected chi connectivity index (χ0v) is 18.3. The number of H-pyrrole nitrogens is 1. The van der Waals surface area contributed by atoms with Crippen molar-refractivity contribution in [3.63, 3.8) is 0 Å². The van der Waals surface area contributed by atoms with Gasteiger partial charge >= 0.3 is 10.2 Å². The van der Waals surface area contributed by atoms with E-state index >= 15 is 0 Å². The molecular formula is C19H27F5N4OS.